The molecular weight excluding hydrogens is 252 g/mol. The minimum absolute atomic E-state index is 0.0351. The van der Waals surface area contributed by atoms with Crippen molar-refractivity contribution in [3.8, 4) is 5.75 Å². The molecule has 2 unspecified atom stereocenters. The average molecular weight is 276 g/mol. The molecule has 2 N–H and O–H groups in total. The third-order valence-corrected chi connectivity index (χ3v) is 3.67. The first-order valence-corrected chi connectivity index (χ1v) is 7.41. The van der Waals surface area contributed by atoms with Crippen LogP contribution < -0.4 is 15.4 Å². The Balaban J connectivity index is 1.99. The molecule has 4 heteroatoms. The fourth-order valence-electron chi connectivity index (χ4n) is 2.54. The molecule has 1 aromatic carbocycles. The molecule has 0 fully saturated rings. The lowest BCUT2D eigenvalue weighted by atomic mass is 10.1. The van der Waals surface area contributed by atoms with Crippen molar-refractivity contribution in [1.29, 1.82) is 0 Å². The summed E-state index contributed by atoms with van der Waals surface area (Å²) < 4.78 is 5.66. The summed E-state index contributed by atoms with van der Waals surface area (Å²) in [6.45, 7) is 4.19. The van der Waals surface area contributed by atoms with E-state index in [9.17, 15) is 4.79 Å². The number of rotatable bonds is 6. The van der Waals surface area contributed by atoms with Gasteiger partial charge in [0.1, 0.15) is 11.9 Å². The predicted octanol–water partition coefficient (Wildman–Crippen LogP) is 2.73. The van der Waals surface area contributed by atoms with E-state index in [1.807, 2.05) is 25.2 Å². The van der Waals surface area contributed by atoms with E-state index in [4.69, 9.17) is 4.74 Å². The van der Waals surface area contributed by atoms with E-state index >= 15 is 0 Å². The maximum absolute atomic E-state index is 12.2. The summed E-state index contributed by atoms with van der Waals surface area (Å²) in [7, 11) is 1.83. The third kappa shape index (κ3) is 3.51. The van der Waals surface area contributed by atoms with Crippen LogP contribution in [0.1, 0.15) is 38.7 Å². The molecule has 0 aromatic heterocycles. The maximum Gasteiger partial charge on any atom is 0.241 e. The highest BCUT2D eigenvalue weighted by atomic mass is 16.5. The highest BCUT2D eigenvalue weighted by Crippen LogP contribution is 2.30. The maximum atomic E-state index is 12.2. The van der Waals surface area contributed by atoms with Crippen molar-refractivity contribution in [3.05, 3.63) is 23.8 Å². The zero-order valence-electron chi connectivity index (χ0n) is 12.5. The molecule has 20 heavy (non-hydrogen) atoms. The van der Waals surface area contributed by atoms with E-state index in [1.54, 1.807) is 0 Å². The first-order chi connectivity index (χ1) is 9.63. The van der Waals surface area contributed by atoms with Gasteiger partial charge < -0.3 is 15.4 Å². The lowest BCUT2D eigenvalue weighted by molar-refractivity contribution is -0.118. The number of benzene rings is 1. The molecule has 2 atom stereocenters. The second-order valence-electron chi connectivity index (χ2n) is 5.43. The normalized spacial score (nSPS) is 18.2. The monoisotopic (exact) mass is 276 g/mol. The topological polar surface area (TPSA) is 50.4 Å². The Morgan fingerprint density at radius 2 is 2.30 bits per heavy atom. The number of nitrogens with one attached hydrogen (secondary N) is 2. The van der Waals surface area contributed by atoms with Gasteiger partial charge in [0.25, 0.3) is 0 Å². The van der Waals surface area contributed by atoms with Crippen molar-refractivity contribution >= 4 is 11.6 Å². The molecule has 0 spiro atoms. The predicted molar refractivity (Wildman–Crippen MR) is 81.2 cm³/mol. The van der Waals surface area contributed by atoms with Gasteiger partial charge in [0.05, 0.1) is 6.04 Å². The fraction of sp³-hybridized carbons (Fsp3) is 0.562. The Kier molecular flexibility index (Phi) is 5.01. The highest BCUT2D eigenvalue weighted by Gasteiger charge is 2.20. The number of fused-ring (bicyclic) bond motifs is 1. The molecule has 0 saturated carbocycles. The second kappa shape index (κ2) is 6.75. The minimum Gasteiger partial charge on any atom is -0.490 e. The van der Waals surface area contributed by atoms with E-state index < -0.39 is 0 Å². The van der Waals surface area contributed by atoms with Crippen LogP contribution >= 0.6 is 0 Å². The van der Waals surface area contributed by atoms with Gasteiger partial charge in [-0.3, -0.25) is 4.79 Å². The van der Waals surface area contributed by atoms with Crippen LogP contribution in [0.2, 0.25) is 0 Å². The molecule has 0 saturated heterocycles. The standard InChI is InChI=1S/C16H24N2O2/c1-4-5-6-14(17-3)16(19)18-13-7-8-15-12(10-13)9-11(2)20-15/h7-8,10-11,14,17H,4-6,9H2,1-3H3,(H,18,19). The Labute approximate surface area is 120 Å². The molecule has 1 aliphatic heterocycles. The number of carbonyl (C=O) groups excluding carboxylic acids is 1. The summed E-state index contributed by atoms with van der Waals surface area (Å²) in [6, 6.07) is 5.73. The lowest BCUT2D eigenvalue weighted by Gasteiger charge is -2.16. The van der Waals surface area contributed by atoms with Crippen LogP contribution in [-0.4, -0.2) is 25.1 Å². The number of ether oxygens (including phenoxy) is 1. The van der Waals surface area contributed by atoms with Gasteiger partial charge in [0, 0.05) is 12.1 Å². The summed E-state index contributed by atoms with van der Waals surface area (Å²) in [5, 5.41) is 6.07. The number of hydrogen-bond acceptors (Lipinski definition) is 3. The molecule has 2 rings (SSSR count). The molecule has 1 heterocycles. The lowest BCUT2D eigenvalue weighted by Crippen LogP contribution is -2.38. The molecule has 0 aliphatic carbocycles. The van der Waals surface area contributed by atoms with E-state index in [-0.39, 0.29) is 18.1 Å². The van der Waals surface area contributed by atoms with Crippen LogP contribution in [0.3, 0.4) is 0 Å². The zero-order valence-corrected chi connectivity index (χ0v) is 12.5. The Bertz CT molecular complexity index is 474. The first kappa shape index (κ1) is 14.9. The molecule has 4 nitrogen and oxygen atoms in total. The molecule has 1 aliphatic rings. The number of anilines is 1. The van der Waals surface area contributed by atoms with E-state index in [0.717, 1.165) is 37.1 Å². The molecule has 0 radical (unpaired) electrons. The zero-order chi connectivity index (χ0) is 14.5. The van der Waals surface area contributed by atoms with E-state index in [2.05, 4.69) is 24.5 Å². The Morgan fingerprint density at radius 3 is 3.00 bits per heavy atom. The Hall–Kier alpha value is -1.55. The van der Waals surface area contributed by atoms with Crippen LogP contribution in [0, 0.1) is 0 Å². The fourth-order valence-corrected chi connectivity index (χ4v) is 2.54. The first-order valence-electron chi connectivity index (χ1n) is 7.41. The SMILES string of the molecule is CCCCC(NC)C(=O)Nc1ccc2c(c1)CC(C)O2. The van der Waals surface area contributed by atoms with Crippen molar-refractivity contribution in [2.24, 2.45) is 0 Å². The van der Waals surface area contributed by atoms with Crippen molar-refractivity contribution in [2.75, 3.05) is 12.4 Å². The summed E-state index contributed by atoms with van der Waals surface area (Å²) in [5.41, 5.74) is 2.02. The average Bonchev–Trinajstić information content (AvgIpc) is 2.79. The van der Waals surface area contributed by atoms with Crippen LogP contribution in [0.4, 0.5) is 5.69 Å². The number of hydrogen-bond donors (Lipinski definition) is 2. The van der Waals surface area contributed by atoms with Gasteiger partial charge >= 0.3 is 0 Å². The van der Waals surface area contributed by atoms with Crippen molar-refractivity contribution < 1.29 is 9.53 Å². The summed E-state index contributed by atoms with van der Waals surface area (Å²) in [5.74, 6) is 0.972. The second-order valence-corrected chi connectivity index (χ2v) is 5.43. The van der Waals surface area contributed by atoms with Crippen LogP contribution in [0.25, 0.3) is 0 Å². The molecule has 1 amide bonds. The van der Waals surface area contributed by atoms with Gasteiger partial charge in [-0.25, -0.2) is 0 Å². The van der Waals surface area contributed by atoms with Crippen molar-refractivity contribution in [3.63, 3.8) is 0 Å². The number of likely N-dealkylation sites (N-methyl/N-ethyl adjacent to an activating group) is 1. The van der Waals surface area contributed by atoms with Crippen LogP contribution in [0.15, 0.2) is 18.2 Å². The molecule has 110 valence electrons. The van der Waals surface area contributed by atoms with Gasteiger partial charge in [-0.15, -0.1) is 0 Å². The van der Waals surface area contributed by atoms with Crippen molar-refractivity contribution in [1.82, 2.24) is 5.32 Å². The number of unbranched alkanes of at least 4 members (excludes halogenated alkanes) is 1. The van der Waals surface area contributed by atoms with Crippen LogP contribution in [0.5, 0.6) is 5.75 Å². The molecule has 1 aromatic rings. The highest BCUT2D eigenvalue weighted by molar-refractivity contribution is 5.95. The molecule has 0 bridgehead atoms. The van der Waals surface area contributed by atoms with Gasteiger partial charge in [0.15, 0.2) is 0 Å². The Morgan fingerprint density at radius 1 is 1.50 bits per heavy atom. The van der Waals surface area contributed by atoms with E-state index in [0.29, 0.717) is 0 Å². The van der Waals surface area contributed by atoms with Gasteiger partial charge in [-0.2, -0.15) is 0 Å². The van der Waals surface area contributed by atoms with E-state index in [1.165, 1.54) is 5.56 Å². The molecular formula is C16H24N2O2. The summed E-state index contributed by atoms with van der Waals surface area (Å²) >= 11 is 0. The van der Waals surface area contributed by atoms with Crippen LogP contribution in [-0.2, 0) is 11.2 Å². The van der Waals surface area contributed by atoms with Gasteiger partial charge in [-0.05, 0) is 44.2 Å². The number of carbonyl (C=O) groups is 1. The van der Waals surface area contributed by atoms with Gasteiger partial charge in [-0.1, -0.05) is 19.8 Å². The summed E-state index contributed by atoms with van der Waals surface area (Å²) in [4.78, 5) is 12.2. The minimum atomic E-state index is -0.127. The number of amides is 1. The van der Waals surface area contributed by atoms with Crippen molar-refractivity contribution in [2.45, 2.75) is 51.7 Å². The summed E-state index contributed by atoms with van der Waals surface area (Å²) in [6.07, 6.45) is 4.15. The largest absolute Gasteiger partial charge is 0.490 e. The third-order valence-electron chi connectivity index (χ3n) is 3.67. The smallest absolute Gasteiger partial charge is 0.241 e. The quantitative estimate of drug-likeness (QED) is 0.840. The van der Waals surface area contributed by atoms with Gasteiger partial charge in [0.2, 0.25) is 5.91 Å².